The monoisotopic (exact) mass is 380 g/mol. The standard InChI is InChI=1S/C20H20N4O2S/c1-24-19-15(11-22-24)8-14(10-21-19)16-3-2-13-9-17(27-20(13)23-16)18(25)12-4-6-26-7-5-12/h2-3,8-12,18,25H,4-7H2,1H3. The van der Waals surface area contributed by atoms with Gasteiger partial charge >= 0.3 is 0 Å². The van der Waals surface area contributed by atoms with E-state index in [4.69, 9.17) is 9.72 Å². The Kier molecular flexibility index (Phi) is 4.15. The molecule has 6 nitrogen and oxygen atoms in total. The van der Waals surface area contributed by atoms with Crippen molar-refractivity contribution >= 4 is 32.6 Å². The summed E-state index contributed by atoms with van der Waals surface area (Å²) in [5, 5.41) is 17.1. The van der Waals surface area contributed by atoms with Crippen LogP contribution in [0.5, 0.6) is 0 Å². The van der Waals surface area contributed by atoms with Crippen molar-refractivity contribution in [3.05, 3.63) is 41.5 Å². The van der Waals surface area contributed by atoms with Crippen LogP contribution in [-0.2, 0) is 11.8 Å². The van der Waals surface area contributed by atoms with Gasteiger partial charge in [0.25, 0.3) is 0 Å². The molecular formula is C20H20N4O2S. The van der Waals surface area contributed by atoms with Crippen LogP contribution in [0.2, 0.25) is 0 Å². The van der Waals surface area contributed by atoms with Gasteiger partial charge in [-0.15, -0.1) is 11.3 Å². The van der Waals surface area contributed by atoms with Crippen LogP contribution in [0.15, 0.2) is 36.7 Å². The molecule has 4 aromatic heterocycles. The SMILES string of the molecule is Cn1ncc2cc(-c3ccc4cc(C(O)C5CCOCC5)sc4n3)cnc21. The molecule has 1 atom stereocenters. The van der Waals surface area contributed by atoms with Crippen LogP contribution in [0.25, 0.3) is 32.5 Å². The molecule has 138 valence electrons. The van der Waals surface area contributed by atoms with Gasteiger partial charge < -0.3 is 9.84 Å². The van der Waals surface area contributed by atoms with Crippen molar-refractivity contribution in [2.45, 2.75) is 18.9 Å². The van der Waals surface area contributed by atoms with Gasteiger partial charge in [-0.05, 0) is 43.0 Å². The van der Waals surface area contributed by atoms with E-state index in [1.54, 1.807) is 16.0 Å². The molecule has 5 heterocycles. The summed E-state index contributed by atoms with van der Waals surface area (Å²) in [6.45, 7) is 1.47. The number of aliphatic hydroxyl groups excluding tert-OH is 1. The number of pyridine rings is 2. The number of aromatic nitrogens is 4. The van der Waals surface area contributed by atoms with Crippen LogP contribution >= 0.6 is 11.3 Å². The summed E-state index contributed by atoms with van der Waals surface area (Å²) in [6.07, 6.45) is 5.03. The van der Waals surface area contributed by atoms with E-state index in [0.717, 1.165) is 63.4 Å². The first-order valence-corrected chi connectivity index (χ1v) is 9.95. The van der Waals surface area contributed by atoms with Gasteiger partial charge in [0.2, 0.25) is 0 Å². The number of aliphatic hydroxyl groups is 1. The highest BCUT2D eigenvalue weighted by Crippen LogP contribution is 2.37. The van der Waals surface area contributed by atoms with Gasteiger partial charge in [-0.25, -0.2) is 9.97 Å². The molecule has 0 spiro atoms. The molecule has 0 saturated carbocycles. The van der Waals surface area contributed by atoms with Crippen LogP contribution in [0.4, 0.5) is 0 Å². The maximum Gasteiger partial charge on any atom is 0.157 e. The summed E-state index contributed by atoms with van der Waals surface area (Å²) in [5.74, 6) is 0.267. The van der Waals surface area contributed by atoms with Crippen molar-refractivity contribution in [2.75, 3.05) is 13.2 Å². The van der Waals surface area contributed by atoms with Crippen LogP contribution in [-0.4, -0.2) is 38.1 Å². The molecule has 4 aromatic rings. The summed E-state index contributed by atoms with van der Waals surface area (Å²) in [5.41, 5.74) is 2.71. The van der Waals surface area contributed by atoms with Gasteiger partial charge in [-0.1, -0.05) is 0 Å². The van der Waals surface area contributed by atoms with E-state index in [0.29, 0.717) is 0 Å². The summed E-state index contributed by atoms with van der Waals surface area (Å²) in [4.78, 5) is 11.3. The first kappa shape index (κ1) is 16.8. The molecule has 7 heteroatoms. The summed E-state index contributed by atoms with van der Waals surface area (Å²) in [7, 11) is 1.89. The lowest BCUT2D eigenvalue weighted by atomic mass is 9.93. The normalized spacial score (nSPS) is 17.0. The molecule has 1 aliphatic heterocycles. The Morgan fingerprint density at radius 3 is 2.89 bits per heavy atom. The average Bonchev–Trinajstić information content (AvgIpc) is 3.31. The van der Waals surface area contributed by atoms with Crippen molar-refractivity contribution in [2.24, 2.45) is 13.0 Å². The number of thiophene rings is 1. The Hall–Kier alpha value is -2.35. The first-order valence-electron chi connectivity index (χ1n) is 9.13. The van der Waals surface area contributed by atoms with E-state index < -0.39 is 6.10 Å². The van der Waals surface area contributed by atoms with Gasteiger partial charge in [0.05, 0.1) is 18.0 Å². The lowest BCUT2D eigenvalue weighted by Gasteiger charge is -2.25. The Labute approximate surface area is 160 Å². The fourth-order valence-electron chi connectivity index (χ4n) is 3.69. The molecule has 27 heavy (non-hydrogen) atoms. The lowest BCUT2D eigenvalue weighted by Crippen LogP contribution is -2.21. The Morgan fingerprint density at radius 2 is 2.04 bits per heavy atom. The summed E-state index contributed by atoms with van der Waals surface area (Å²) >= 11 is 1.58. The highest BCUT2D eigenvalue weighted by molar-refractivity contribution is 7.18. The molecule has 0 aromatic carbocycles. The van der Waals surface area contributed by atoms with Crippen molar-refractivity contribution < 1.29 is 9.84 Å². The zero-order chi connectivity index (χ0) is 18.4. The second kappa shape index (κ2) is 6.67. The van der Waals surface area contributed by atoms with E-state index in [2.05, 4.69) is 28.3 Å². The maximum atomic E-state index is 10.8. The minimum atomic E-state index is -0.440. The Balaban J connectivity index is 1.49. The van der Waals surface area contributed by atoms with E-state index in [-0.39, 0.29) is 5.92 Å². The number of hydrogen-bond acceptors (Lipinski definition) is 6. The number of aryl methyl sites for hydroxylation is 1. The van der Waals surface area contributed by atoms with E-state index in [9.17, 15) is 5.11 Å². The third kappa shape index (κ3) is 3.01. The van der Waals surface area contributed by atoms with Gasteiger partial charge in [0, 0.05) is 47.7 Å². The van der Waals surface area contributed by atoms with E-state index >= 15 is 0 Å². The second-order valence-electron chi connectivity index (χ2n) is 7.04. The molecule has 5 rings (SSSR count). The third-order valence-corrected chi connectivity index (χ3v) is 6.39. The molecule has 1 aliphatic rings. The third-order valence-electron chi connectivity index (χ3n) is 5.27. The minimum absolute atomic E-state index is 0.267. The maximum absolute atomic E-state index is 10.8. The summed E-state index contributed by atoms with van der Waals surface area (Å²) in [6, 6.07) is 8.22. The van der Waals surface area contributed by atoms with Crippen LogP contribution in [0, 0.1) is 5.92 Å². The predicted octanol–water partition coefficient (Wildman–Crippen LogP) is 3.71. The van der Waals surface area contributed by atoms with Gasteiger partial charge in [0.1, 0.15) is 4.83 Å². The van der Waals surface area contributed by atoms with Gasteiger partial charge in [0.15, 0.2) is 5.65 Å². The molecule has 1 N–H and O–H groups in total. The quantitative estimate of drug-likeness (QED) is 0.587. The Bertz CT molecular complexity index is 1110. The largest absolute Gasteiger partial charge is 0.387 e. The lowest BCUT2D eigenvalue weighted by molar-refractivity contribution is 0.00856. The summed E-state index contributed by atoms with van der Waals surface area (Å²) < 4.78 is 7.17. The van der Waals surface area contributed by atoms with Crippen molar-refractivity contribution in [1.82, 2.24) is 19.7 Å². The van der Waals surface area contributed by atoms with Gasteiger partial charge in [-0.3, -0.25) is 4.68 Å². The predicted molar refractivity (Wildman–Crippen MR) is 106 cm³/mol. The van der Waals surface area contributed by atoms with Crippen molar-refractivity contribution in [3.8, 4) is 11.3 Å². The van der Waals surface area contributed by atoms with E-state index in [1.807, 2.05) is 25.5 Å². The average molecular weight is 380 g/mol. The number of ether oxygens (including phenoxy) is 1. The van der Waals surface area contributed by atoms with Crippen molar-refractivity contribution in [3.63, 3.8) is 0 Å². The van der Waals surface area contributed by atoms with E-state index in [1.165, 1.54) is 0 Å². The Morgan fingerprint density at radius 1 is 1.19 bits per heavy atom. The second-order valence-corrected chi connectivity index (χ2v) is 8.10. The highest BCUT2D eigenvalue weighted by atomic mass is 32.1. The van der Waals surface area contributed by atoms with Gasteiger partial charge in [-0.2, -0.15) is 5.10 Å². The number of rotatable bonds is 3. The molecule has 1 saturated heterocycles. The molecule has 1 unspecified atom stereocenters. The minimum Gasteiger partial charge on any atom is -0.387 e. The van der Waals surface area contributed by atoms with Crippen molar-refractivity contribution in [1.29, 1.82) is 0 Å². The smallest absolute Gasteiger partial charge is 0.157 e. The van der Waals surface area contributed by atoms with Crippen LogP contribution in [0.1, 0.15) is 23.8 Å². The zero-order valence-electron chi connectivity index (χ0n) is 15.0. The van der Waals surface area contributed by atoms with Crippen LogP contribution in [0.3, 0.4) is 0 Å². The topological polar surface area (TPSA) is 73.1 Å². The molecule has 1 fully saturated rings. The fourth-order valence-corrected chi connectivity index (χ4v) is 4.80. The molecule has 0 aliphatic carbocycles. The zero-order valence-corrected chi connectivity index (χ0v) is 15.8. The fraction of sp³-hybridized carbons (Fsp3) is 0.350. The number of hydrogen-bond donors (Lipinski definition) is 1. The highest BCUT2D eigenvalue weighted by Gasteiger charge is 2.25. The molecule has 0 amide bonds. The molecule has 0 bridgehead atoms. The molecule has 0 radical (unpaired) electrons. The number of fused-ring (bicyclic) bond motifs is 2. The first-order chi connectivity index (χ1) is 13.2. The molecular weight excluding hydrogens is 360 g/mol. The number of nitrogens with zero attached hydrogens (tertiary/aromatic N) is 4. The van der Waals surface area contributed by atoms with Crippen LogP contribution < -0.4 is 0 Å².